The molecule has 1 aliphatic rings. The van der Waals surface area contributed by atoms with E-state index in [0.29, 0.717) is 25.7 Å². The van der Waals surface area contributed by atoms with Gasteiger partial charge >= 0.3 is 0 Å². The summed E-state index contributed by atoms with van der Waals surface area (Å²) in [4.78, 5) is 11.8. The van der Waals surface area contributed by atoms with E-state index in [4.69, 9.17) is 9.15 Å². The predicted octanol–water partition coefficient (Wildman–Crippen LogP) is 4.14. The first-order valence-corrected chi connectivity index (χ1v) is 8.89. The Morgan fingerprint density at radius 3 is 2.84 bits per heavy atom. The van der Waals surface area contributed by atoms with Gasteiger partial charge in [-0.05, 0) is 42.5 Å². The molecule has 1 saturated carbocycles. The smallest absolute Gasteiger partial charge is 0.244 e. The zero-order valence-electron chi connectivity index (χ0n) is 14.6. The fourth-order valence-corrected chi connectivity index (χ4v) is 2.74. The summed E-state index contributed by atoms with van der Waals surface area (Å²) in [7, 11) is 0. The average molecular weight is 339 g/mol. The summed E-state index contributed by atoms with van der Waals surface area (Å²) in [6.07, 6.45) is 5.22. The van der Waals surface area contributed by atoms with Gasteiger partial charge in [-0.3, -0.25) is 4.79 Å². The van der Waals surface area contributed by atoms with E-state index in [9.17, 15) is 4.79 Å². The number of benzene rings is 1. The molecular formula is C21H25NO3. The van der Waals surface area contributed by atoms with Crippen molar-refractivity contribution in [3.63, 3.8) is 0 Å². The highest BCUT2D eigenvalue weighted by Gasteiger charge is 2.36. The molecule has 0 aliphatic heterocycles. The van der Waals surface area contributed by atoms with Crippen LogP contribution in [0.25, 0.3) is 6.08 Å². The maximum Gasteiger partial charge on any atom is 0.244 e. The van der Waals surface area contributed by atoms with Crippen molar-refractivity contribution in [2.24, 2.45) is 5.92 Å². The number of hydrogen-bond acceptors (Lipinski definition) is 3. The Bertz CT molecular complexity index is 705. The molecular weight excluding hydrogens is 314 g/mol. The van der Waals surface area contributed by atoms with Gasteiger partial charge in [0.1, 0.15) is 11.5 Å². The van der Waals surface area contributed by atoms with Gasteiger partial charge in [-0.2, -0.15) is 0 Å². The third kappa shape index (κ3) is 5.61. The molecule has 132 valence electrons. The van der Waals surface area contributed by atoms with Crippen LogP contribution in [0.3, 0.4) is 0 Å². The Morgan fingerprint density at radius 1 is 1.28 bits per heavy atom. The second-order valence-corrected chi connectivity index (χ2v) is 6.58. The SMILES string of the molecule is C[C@@H]1C[C@@H]1c1ccc(/C=C/C(=O)NCCCOCc2ccccc2)o1. The van der Waals surface area contributed by atoms with E-state index >= 15 is 0 Å². The normalized spacial score (nSPS) is 19.2. The number of ether oxygens (including phenoxy) is 1. The zero-order valence-corrected chi connectivity index (χ0v) is 14.6. The molecule has 1 aromatic heterocycles. The predicted molar refractivity (Wildman–Crippen MR) is 98.0 cm³/mol. The first kappa shape index (κ1) is 17.5. The van der Waals surface area contributed by atoms with Crippen molar-refractivity contribution in [3.8, 4) is 0 Å². The molecule has 0 bridgehead atoms. The van der Waals surface area contributed by atoms with Crippen molar-refractivity contribution in [1.82, 2.24) is 5.32 Å². The minimum Gasteiger partial charge on any atom is -0.461 e. The maximum atomic E-state index is 11.8. The van der Waals surface area contributed by atoms with Gasteiger partial charge in [0.15, 0.2) is 0 Å². The molecule has 1 aliphatic carbocycles. The Kier molecular flexibility index (Phi) is 6.07. The number of furan rings is 1. The lowest BCUT2D eigenvalue weighted by atomic mass is 10.2. The summed E-state index contributed by atoms with van der Waals surface area (Å²) in [6.45, 7) is 4.05. The topological polar surface area (TPSA) is 51.5 Å². The van der Waals surface area contributed by atoms with Gasteiger partial charge in [-0.1, -0.05) is 37.3 Å². The molecule has 1 heterocycles. The molecule has 3 rings (SSSR count). The van der Waals surface area contributed by atoms with Crippen LogP contribution in [0.2, 0.25) is 0 Å². The van der Waals surface area contributed by atoms with Gasteiger partial charge in [-0.15, -0.1) is 0 Å². The molecule has 1 fully saturated rings. The Morgan fingerprint density at radius 2 is 2.08 bits per heavy atom. The molecule has 1 N–H and O–H groups in total. The van der Waals surface area contributed by atoms with Gasteiger partial charge in [0.25, 0.3) is 0 Å². The molecule has 0 radical (unpaired) electrons. The van der Waals surface area contributed by atoms with Crippen LogP contribution in [0.15, 0.2) is 53.0 Å². The first-order valence-electron chi connectivity index (χ1n) is 8.89. The molecule has 0 unspecified atom stereocenters. The van der Waals surface area contributed by atoms with Gasteiger partial charge in [0, 0.05) is 25.1 Å². The van der Waals surface area contributed by atoms with E-state index in [1.165, 1.54) is 12.5 Å². The zero-order chi connectivity index (χ0) is 17.5. The maximum absolute atomic E-state index is 11.8. The standard InChI is InChI=1S/C21H25NO3/c1-16-14-19(16)20-10-8-18(25-20)9-11-21(23)22-12-5-13-24-15-17-6-3-2-4-7-17/h2-4,6-11,16,19H,5,12-15H2,1H3,(H,22,23)/b11-9+/t16-,19+/m1/s1. The molecule has 4 nitrogen and oxygen atoms in total. The summed E-state index contributed by atoms with van der Waals surface area (Å²) in [6, 6.07) is 14.0. The van der Waals surface area contributed by atoms with Gasteiger partial charge < -0.3 is 14.5 Å². The van der Waals surface area contributed by atoms with E-state index in [-0.39, 0.29) is 5.91 Å². The van der Waals surface area contributed by atoms with Crippen LogP contribution >= 0.6 is 0 Å². The van der Waals surface area contributed by atoms with Crippen molar-refractivity contribution >= 4 is 12.0 Å². The van der Waals surface area contributed by atoms with Gasteiger partial charge in [-0.25, -0.2) is 0 Å². The Labute approximate surface area is 148 Å². The van der Waals surface area contributed by atoms with Crippen molar-refractivity contribution < 1.29 is 13.9 Å². The van der Waals surface area contributed by atoms with Crippen LogP contribution in [0.5, 0.6) is 0 Å². The number of carbonyl (C=O) groups excluding carboxylic acids is 1. The van der Waals surface area contributed by atoms with E-state index in [1.807, 2.05) is 42.5 Å². The number of amides is 1. The van der Waals surface area contributed by atoms with Crippen LogP contribution in [0, 0.1) is 5.92 Å². The van der Waals surface area contributed by atoms with E-state index in [2.05, 4.69) is 12.2 Å². The minimum absolute atomic E-state index is 0.110. The fraction of sp³-hybridized carbons (Fsp3) is 0.381. The summed E-state index contributed by atoms with van der Waals surface area (Å²) in [5.74, 6) is 2.93. The lowest BCUT2D eigenvalue weighted by molar-refractivity contribution is -0.116. The molecule has 1 amide bonds. The monoisotopic (exact) mass is 339 g/mol. The third-order valence-electron chi connectivity index (χ3n) is 4.40. The molecule has 1 aromatic carbocycles. The van der Waals surface area contributed by atoms with Crippen LogP contribution < -0.4 is 5.32 Å². The summed E-state index contributed by atoms with van der Waals surface area (Å²) >= 11 is 0. The van der Waals surface area contributed by atoms with Gasteiger partial charge in [0.05, 0.1) is 6.61 Å². The third-order valence-corrected chi connectivity index (χ3v) is 4.40. The van der Waals surface area contributed by atoms with E-state index in [0.717, 1.165) is 29.4 Å². The highest BCUT2D eigenvalue weighted by atomic mass is 16.5. The van der Waals surface area contributed by atoms with Crippen LogP contribution in [-0.2, 0) is 16.1 Å². The second-order valence-electron chi connectivity index (χ2n) is 6.58. The lowest BCUT2D eigenvalue weighted by Gasteiger charge is -2.05. The van der Waals surface area contributed by atoms with Crippen molar-refractivity contribution in [3.05, 3.63) is 65.6 Å². The molecule has 2 atom stereocenters. The molecule has 0 spiro atoms. The summed E-state index contributed by atoms with van der Waals surface area (Å²) < 4.78 is 11.3. The second kappa shape index (κ2) is 8.67. The van der Waals surface area contributed by atoms with Crippen LogP contribution in [-0.4, -0.2) is 19.1 Å². The van der Waals surface area contributed by atoms with E-state index < -0.39 is 0 Å². The first-order chi connectivity index (χ1) is 12.2. The molecule has 0 saturated heterocycles. The number of nitrogens with one attached hydrogen (secondary N) is 1. The Hall–Kier alpha value is -2.33. The van der Waals surface area contributed by atoms with Crippen molar-refractivity contribution in [1.29, 1.82) is 0 Å². The highest BCUT2D eigenvalue weighted by molar-refractivity contribution is 5.91. The number of hydrogen-bond donors (Lipinski definition) is 1. The number of carbonyl (C=O) groups is 1. The highest BCUT2D eigenvalue weighted by Crippen LogP contribution is 2.47. The Balaban J connectivity index is 1.28. The van der Waals surface area contributed by atoms with Gasteiger partial charge in [0.2, 0.25) is 5.91 Å². The van der Waals surface area contributed by atoms with Crippen molar-refractivity contribution in [2.45, 2.75) is 32.3 Å². The molecule has 25 heavy (non-hydrogen) atoms. The quantitative estimate of drug-likeness (QED) is 0.552. The average Bonchev–Trinajstić information content (AvgIpc) is 3.17. The fourth-order valence-electron chi connectivity index (χ4n) is 2.74. The largest absolute Gasteiger partial charge is 0.461 e. The van der Waals surface area contributed by atoms with E-state index in [1.54, 1.807) is 6.08 Å². The minimum atomic E-state index is -0.110. The molecule has 4 heteroatoms. The summed E-state index contributed by atoms with van der Waals surface area (Å²) in [5.41, 5.74) is 1.16. The lowest BCUT2D eigenvalue weighted by Crippen LogP contribution is -2.23. The van der Waals surface area contributed by atoms with Crippen LogP contribution in [0.4, 0.5) is 0 Å². The molecule has 2 aromatic rings. The summed E-state index contributed by atoms with van der Waals surface area (Å²) in [5, 5.41) is 2.85. The number of rotatable bonds is 9. The van der Waals surface area contributed by atoms with Crippen molar-refractivity contribution in [2.75, 3.05) is 13.2 Å². The van der Waals surface area contributed by atoms with Crippen LogP contribution in [0.1, 0.15) is 42.8 Å².